The Balaban J connectivity index is 2.51. The van der Waals surface area contributed by atoms with Crippen LogP contribution in [-0.2, 0) is 0 Å². The van der Waals surface area contributed by atoms with Gasteiger partial charge in [-0.1, -0.05) is 13.3 Å². The maximum absolute atomic E-state index is 13.2. The Morgan fingerprint density at radius 2 is 2.24 bits per heavy atom. The number of halogens is 1. The van der Waals surface area contributed by atoms with Crippen LogP contribution in [0.25, 0.3) is 11.0 Å². The van der Waals surface area contributed by atoms with Gasteiger partial charge < -0.3 is 4.42 Å². The predicted octanol–water partition coefficient (Wildman–Crippen LogP) is 3.18. The van der Waals surface area contributed by atoms with Crippen molar-refractivity contribution in [1.82, 2.24) is 5.43 Å². The Bertz CT molecular complexity index is 521. The third kappa shape index (κ3) is 2.18. The van der Waals surface area contributed by atoms with Gasteiger partial charge in [0.05, 0.1) is 6.04 Å². The molecule has 0 fully saturated rings. The zero-order valence-electron chi connectivity index (χ0n) is 10.1. The highest BCUT2D eigenvalue weighted by atomic mass is 19.1. The van der Waals surface area contributed by atoms with Crippen molar-refractivity contribution < 1.29 is 8.81 Å². The lowest BCUT2D eigenvalue weighted by molar-refractivity contribution is 0.411. The van der Waals surface area contributed by atoms with E-state index < -0.39 is 0 Å². The van der Waals surface area contributed by atoms with Crippen LogP contribution in [0, 0.1) is 12.7 Å². The summed E-state index contributed by atoms with van der Waals surface area (Å²) >= 11 is 0. The van der Waals surface area contributed by atoms with E-state index in [1.165, 1.54) is 12.1 Å². The van der Waals surface area contributed by atoms with Gasteiger partial charge in [0.1, 0.15) is 17.2 Å². The minimum atomic E-state index is -0.249. The molecule has 2 rings (SSSR count). The van der Waals surface area contributed by atoms with Gasteiger partial charge in [-0.05, 0) is 31.5 Å². The first kappa shape index (κ1) is 12.1. The van der Waals surface area contributed by atoms with E-state index in [0.717, 1.165) is 29.6 Å². The average molecular weight is 236 g/mol. The molecule has 1 aromatic heterocycles. The Hall–Kier alpha value is -1.39. The normalized spacial score (nSPS) is 13.2. The van der Waals surface area contributed by atoms with Gasteiger partial charge in [0, 0.05) is 10.9 Å². The summed E-state index contributed by atoms with van der Waals surface area (Å²) in [5, 5.41) is 0.816. The molecule has 3 nitrogen and oxygen atoms in total. The molecule has 0 amide bonds. The molecule has 1 unspecified atom stereocenters. The molecular weight excluding hydrogens is 219 g/mol. The Kier molecular flexibility index (Phi) is 3.45. The van der Waals surface area contributed by atoms with E-state index in [9.17, 15) is 4.39 Å². The monoisotopic (exact) mass is 236 g/mol. The van der Waals surface area contributed by atoms with E-state index in [1.54, 1.807) is 6.07 Å². The van der Waals surface area contributed by atoms with Crippen molar-refractivity contribution in [2.24, 2.45) is 5.84 Å². The average Bonchev–Trinajstić information content (AvgIpc) is 2.64. The minimum Gasteiger partial charge on any atom is -0.459 e. The van der Waals surface area contributed by atoms with Crippen molar-refractivity contribution in [2.75, 3.05) is 0 Å². The van der Waals surface area contributed by atoms with Crippen molar-refractivity contribution in [3.8, 4) is 0 Å². The predicted molar refractivity (Wildman–Crippen MR) is 65.9 cm³/mol. The van der Waals surface area contributed by atoms with Crippen LogP contribution in [0.4, 0.5) is 4.39 Å². The molecule has 1 aromatic carbocycles. The molecule has 0 aliphatic rings. The molecule has 0 saturated heterocycles. The largest absolute Gasteiger partial charge is 0.459 e. The number of hydrogen-bond donors (Lipinski definition) is 2. The number of furan rings is 1. The van der Waals surface area contributed by atoms with Crippen molar-refractivity contribution in [2.45, 2.75) is 32.7 Å². The van der Waals surface area contributed by atoms with Crippen LogP contribution in [-0.4, -0.2) is 0 Å². The van der Waals surface area contributed by atoms with E-state index in [1.807, 2.05) is 6.92 Å². The summed E-state index contributed by atoms with van der Waals surface area (Å²) in [5.41, 5.74) is 4.41. The number of hydrazine groups is 1. The second-order valence-electron chi connectivity index (χ2n) is 4.24. The van der Waals surface area contributed by atoms with Crippen LogP contribution >= 0.6 is 0 Å². The SMILES string of the molecule is CCCC(NN)c1oc2ccc(F)cc2c1C. The number of nitrogens with one attached hydrogen (secondary N) is 1. The number of benzene rings is 1. The molecule has 0 radical (unpaired) electrons. The first-order valence-electron chi connectivity index (χ1n) is 5.82. The van der Waals surface area contributed by atoms with Gasteiger partial charge >= 0.3 is 0 Å². The second-order valence-corrected chi connectivity index (χ2v) is 4.24. The lowest BCUT2D eigenvalue weighted by atomic mass is 10.0. The fourth-order valence-electron chi connectivity index (χ4n) is 2.12. The maximum Gasteiger partial charge on any atom is 0.134 e. The topological polar surface area (TPSA) is 51.2 Å². The van der Waals surface area contributed by atoms with Gasteiger partial charge in [-0.15, -0.1) is 0 Å². The highest BCUT2D eigenvalue weighted by Gasteiger charge is 2.18. The third-order valence-electron chi connectivity index (χ3n) is 3.03. The van der Waals surface area contributed by atoms with Gasteiger partial charge in [0.25, 0.3) is 0 Å². The highest BCUT2D eigenvalue weighted by molar-refractivity contribution is 5.82. The number of fused-ring (bicyclic) bond motifs is 1. The molecule has 0 saturated carbocycles. The summed E-state index contributed by atoms with van der Waals surface area (Å²) in [6, 6.07) is 4.54. The van der Waals surface area contributed by atoms with Gasteiger partial charge in [0.15, 0.2) is 0 Å². The lowest BCUT2D eigenvalue weighted by Crippen LogP contribution is -2.27. The Morgan fingerprint density at radius 1 is 1.47 bits per heavy atom. The maximum atomic E-state index is 13.2. The molecule has 4 heteroatoms. The Morgan fingerprint density at radius 3 is 2.88 bits per heavy atom. The van der Waals surface area contributed by atoms with Gasteiger partial charge in [0.2, 0.25) is 0 Å². The number of hydrogen-bond acceptors (Lipinski definition) is 3. The standard InChI is InChI=1S/C13H17FN2O/c1-3-4-11(16-15)13-8(2)10-7-9(14)5-6-12(10)17-13/h5-7,11,16H,3-4,15H2,1-2H3. The molecule has 3 N–H and O–H groups in total. The quantitative estimate of drug-likeness (QED) is 0.633. The van der Waals surface area contributed by atoms with Crippen LogP contribution in [0.2, 0.25) is 0 Å². The second kappa shape index (κ2) is 4.85. The zero-order valence-corrected chi connectivity index (χ0v) is 10.1. The molecule has 1 heterocycles. The summed E-state index contributed by atoms with van der Waals surface area (Å²) in [7, 11) is 0. The number of rotatable bonds is 4. The summed E-state index contributed by atoms with van der Waals surface area (Å²) in [6.45, 7) is 4.02. The first-order chi connectivity index (χ1) is 8.17. The molecule has 0 aliphatic heterocycles. The van der Waals surface area contributed by atoms with E-state index in [4.69, 9.17) is 10.3 Å². The van der Waals surface area contributed by atoms with Crippen LogP contribution in [0.5, 0.6) is 0 Å². The van der Waals surface area contributed by atoms with Gasteiger partial charge in [-0.25, -0.2) is 9.82 Å². The van der Waals surface area contributed by atoms with Crippen molar-refractivity contribution in [3.63, 3.8) is 0 Å². The number of aryl methyl sites for hydroxylation is 1. The van der Waals surface area contributed by atoms with E-state index in [-0.39, 0.29) is 11.9 Å². The molecule has 0 aliphatic carbocycles. The first-order valence-corrected chi connectivity index (χ1v) is 5.82. The molecule has 0 spiro atoms. The zero-order chi connectivity index (χ0) is 12.4. The van der Waals surface area contributed by atoms with Crippen molar-refractivity contribution in [1.29, 1.82) is 0 Å². The van der Waals surface area contributed by atoms with Crippen LogP contribution in [0.1, 0.15) is 37.1 Å². The Labute approximate surface area is 99.8 Å². The van der Waals surface area contributed by atoms with Crippen molar-refractivity contribution >= 4 is 11.0 Å². The van der Waals surface area contributed by atoms with E-state index >= 15 is 0 Å². The molecule has 1 atom stereocenters. The van der Waals surface area contributed by atoms with Crippen LogP contribution in [0.3, 0.4) is 0 Å². The summed E-state index contributed by atoms with van der Waals surface area (Å²) < 4.78 is 18.9. The summed E-state index contributed by atoms with van der Waals surface area (Å²) in [4.78, 5) is 0. The third-order valence-corrected chi connectivity index (χ3v) is 3.03. The highest BCUT2D eigenvalue weighted by Crippen LogP contribution is 2.31. The van der Waals surface area contributed by atoms with Gasteiger partial charge in [-0.2, -0.15) is 0 Å². The molecular formula is C13H17FN2O. The molecule has 0 bridgehead atoms. The van der Waals surface area contributed by atoms with Crippen LogP contribution in [0.15, 0.2) is 22.6 Å². The molecule has 17 heavy (non-hydrogen) atoms. The summed E-state index contributed by atoms with van der Waals surface area (Å²) in [6.07, 6.45) is 1.89. The van der Waals surface area contributed by atoms with Crippen molar-refractivity contribution in [3.05, 3.63) is 35.3 Å². The van der Waals surface area contributed by atoms with E-state index in [0.29, 0.717) is 5.58 Å². The smallest absolute Gasteiger partial charge is 0.134 e. The fourth-order valence-corrected chi connectivity index (χ4v) is 2.12. The lowest BCUT2D eigenvalue weighted by Gasteiger charge is -2.12. The fraction of sp³-hybridized carbons (Fsp3) is 0.385. The minimum absolute atomic E-state index is 0.0181. The van der Waals surface area contributed by atoms with E-state index in [2.05, 4.69) is 12.3 Å². The molecule has 92 valence electrons. The van der Waals surface area contributed by atoms with Gasteiger partial charge in [-0.3, -0.25) is 5.84 Å². The molecule has 2 aromatic rings. The number of nitrogens with two attached hydrogens (primary N) is 1. The van der Waals surface area contributed by atoms with Crippen LogP contribution < -0.4 is 11.3 Å². The summed E-state index contributed by atoms with van der Waals surface area (Å²) in [5.74, 6) is 6.08.